The van der Waals surface area contributed by atoms with Gasteiger partial charge in [-0.3, -0.25) is 5.32 Å². The van der Waals surface area contributed by atoms with Gasteiger partial charge in [-0.2, -0.15) is 13.2 Å². The number of carbonyl (C=O) groups is 2. The van der Waals surface area contributed by atoms with E-state index in [2.05, 4.69) is 15.4 Å². The van der Waals surface area contributed by atoms with E-state index in [4.69, 9.17) is 4.74 Å². The Labute approximate surface area is 135 Å². The van der Waals surface area contributed by atoms with Crippen LogP contribution in [0, 0.1) is 0 Å². The maximum atomic E-state index is 12.9. The molecule has 0 aliphatic carbocycles. The molecular weight excluding hydrogens is 329 g/mol. The standard InChI is InChI=1S/C15H15F3N2O4/c1-3-24-13(21)12-7-11(20-14(22)23-2)9-6-8(15(16,17)18)4-5-10(9)19-12/h4-7,12,19H,3H2,1-2H3,(H,20,22)/t12-/m0/s1. The first-order valence-corrected chi connectivity index (χ1v) is 6.97. The number of halogens is 3. The highest BCUT2D eigenvalue weighted by molar-refractivity contribution is 5.94. The van der Waals surface area contributed by atoms with Crippen LogP contribution in [0.4, 0.5) is 23.7 Å². The summed E-state index contributed by atoms with van der Waals surface area (Å²) in [6.45, 7) is 1.77. The predicted octanol–water partition coefficient (Wildman–Crippen LogP) is 2.76. The van der Waals surface area contributed by atoms with Gasteiger partial charge in [0.05, 0.1) is 25.0 Å². The van der Waals surface area contributed by atoms with Gasteiger partial charge in [-0.15, -0.1) is 0 Å². The van der Waals surface area contributed by atoms with Crippen molar-refractivity contribution in [2.24, 2.45) is 0 Å². The van der Waals surface area contributed by atoms with E-state index in [1.54, 1.807) is 6.92 Å². The summed E-state index contributed by atoms with van der Waals surface area (Å²) >= 11 is 0. The number of anilines is 1. The largest absolute Gasteiger partial charge is 0.464 e. The number of benzene rings is 1. The zero-order valence-electron chi connectivity index (χ0n) is 12.9. The highest BCUT2D eigenvalue weighted by Crippen LogP contribution is 2.36. The van der Waals surface area contributed by atoms with Crippen LogP contribution >= 0.6 is 0 Å². The molecule has 1 aromatic rings. The van der Waals surface area contributed by atoms with E-state index in [0.29, 0.717) is 0 Å². The van der Waals surface area contributed by atoms with E-state index in [0.717, 1.165) is 19.2 Å². The van der Waals surface area contributed by atoms with Gasteiger partial charge in [0, 0.05) is 11.3 Å². The van der Waals surface area contributed by atoms with Crippen LogP contribution in [-0.4, -0.2) is 31.8 Å². The first-order chi connectivity index (χ1) is 11.3. The number of hydrogen-bond acceptors (Lipinski definition) is 5. The summed E-state index contributed by atoms with van der Waals surface area (Å²) in [7, 11) is 1.12. The number of ether oxygens (including phenoxy) is 2. The van der Waals surface area contributed by atoms with Gasteiger partial charge in [0.25, 0.3) is 0 Å². The molecule has 1 aromatic carbocycles. The first-order valence-electron chi connectivity index (χ1n) is 6.97. The normalized spacial score (nSPS) is 16.4. The van der Waals surface area contributed by atoms with Gasteiger partial charge in [-0.25, -0.2) is 9.59 Å². The quantitative estimate of drug-likeness (QED) is 0.825. The van der Waals surface area contributed by atoms with E-state index in [1.165, 1.54) is 12.1 Å². The van der Waals surface area contributed by atoms with Crippen LogP contribution in [-0.2, 0) is 20.4 Å². The fourth-order valence-corrected chi connectivity index (χ4v) is 2.16. The molecule has 9 heteroatoms. The molecule has 1 aliphatic rings. The number of hydrogen-bond donors (Lipinski definition) is 2. The average molecular weight is 344 g/mol. The van der Waals surface area contributed by atoms with Crippen LogP contribution in [0.15, 0.2) is 24.3 Å². The summed E-state index contributed by atoms with van der Waals surface area (Å²) in [5.41, 5.74) is -0.499. The highest BCUT2D eigenvalue weighted by Gasteiger charge is 2.33. The molecule has 24 heavy (non-hydrogen) atoms. The summed E-state index contributed by atoms with van der Waals surface area (Å²) in [6, 6.07) is 2.01. The Morgan fingerprint density at radius 3 is 2.62 bits per heavy atom. The summed E-state index contributed by atoms with van der Waals surface area (Å²) in [6.07, 6.45) is -4.13. The summed E-state index contributed by atoms with van der Waals surface area (Å²) < 4.78 is 48.0. The molecule has 1 heterocycles. The van der Waals surface area contributed by atoms with Crippen LogP contribution in [0.3, 0.4) is 0 Å². The van der Waals surface area contributed by atoms with Crippen LogP contribution in [0.25, 0.3) is 5.70 Å². The lowest BCUT2D eigenvalue weighted by molar-refractivity contribution is -0.143. The maximum Gasteiger partial charge on any atom is 0.416 e. The minimum atomic E-state index is -4.54. The Morgan fingerprint density at radius 2 is 2.04 bits per heavy atom. The van der Waals surface area contributed by atoms with E-state index >= 15 is 0 Å². The lowest BCUT2D eigenvalue weighted by Crippen LogP contribution is -2.35. The molecule has 130 valence electrons. The molecular formula is C15H15F3N2O4. The van der Waals surface area contributed by atoms with Crippen molar-refractivity contribution in [3.8, 4) is 0 Å². The van der Waals surface area contributed by atoms with Gasteiger partial charge >= 0.3 is 18.2 Å². The molecule has 1 amide bonds. The Kier molecular flexibility index (Phi) is 5.01. The molecule has 0 spiro atoms. The SMILES string of the molecule is CCOC(=O)[C@@H]1C=C(NC(=O)OC)c2cc(C(F)(F)F)ccc2N1. The minimum absolute atomic E-state index is 0.0275. The number of alkyl halides is 3. The maximum absolute atomic E-state index is 12.9. The Balaban J connectivity index is 2.45. The van der Waals surface area contributed by atoms with Gasteiger partial charge in [0.1, 0.15) is 6.04 Å². The molecule has 0 unspecified atom stereocenters. The summed E-state index contributed by atoms with van der Waals surface area (Å²) in [5, 5.41) is 5.09. The van der Waals surface area contributed by atoms with Gasteiger partial charge in [-0.1, -0.05) is 0 Å². The Hall–Kier alpha value is -2.71. The number of methoxy groups -OCH3 is 1. The number of alkyl carbamates (subject to hydrolysis) is 1. The monoisotopic (exact) mass is 344 g/mol. The van der Waals surface area contributed by atoms with Crippen molar-refractivity contribution in [1.29, 1.82) is 0 Å². The second kappa shape index (κ2) is 6.81. The van der Waals surface area contributed by atoms with Crippen molar-refractivity contribution in [2.75, 3.05) is 19.0 Å². The van der Waals surface area contributed by atoms with Crippen molar-refractivity contribution in [1.82, 2.24) is 5.32 Å². The Bertz CT molecular complexity index is 686. The highest BCUT2D eigenvalue weighted by atomic mass is 19.4. The second-order valence-corrected chi connectivity index (χ2v) is 4.83. The van der Waals surface area contributed by atoms with Crippen molar-refractivity contribution < 1.29 is 32.2 Å². The smallest absolute Gasteiger partial charge is 0.416 e. The van der Waals surface area contributed by atoms with Crippen molar-refractivity contribution in [3.63, 3.8) is 0 Å². The van der Waals surface area contributed by atoms with Gasteiger partial charge < -0.3 is 14.8 Å². The average Bonchev–Trinajstić information content (AvgIpc) is 2.53. The molecule has 1 atom stereocenters. The molecule has 0 radical (unpaired) electrons. The molecule has 0 aromatic heterocycles. The topological polar surface area (TPSA) is 76.7 Å². The van der Waals surface area contributed by atoms with Gasteiger partial charge in [0.15, 0.2) is 0 Å². The molecule has 2 N–H and O–H groups in total. The number of esters is 1. The van der Waals surface area contributed by atoms with E-state index in [1.807, 2.05) is 0 Å². The Morgan fingerprint density at radius 1 is 1.33 bits per heavy atom. The summed E-state index contributed by atoms with van der Waals surface area (Å²) in [4.78, 5) is 23.3. The van der Waals surface area contributed by atoms with Crippen LogP contribution in [0.2, 0.25) is 0 Å². The van der Waals surface area contributed by atoms with Crippen molar-refractivity contribution in [3.05, 3.63) is 35.4 Å². The number of nitrogens with one attached hydrogen (secondary N) is 2. The van der Waals surface area contributed by atoms with Crippen LogP contribution in [0.1, 0.15) is 18.1 Å². The zero-order chi connectivity index (χ0) is 17.9. The second-order valence-electron chi connectivity index (χ2n) is 4.83. The fourth-order valence-electron chi connectivity index (χ4n) is 2.16. The molecule has 0 saturated carbocycles. The number of amides is 1. The minimum Gasteiger partial charge on any atom is -0.464 e. The van der Waals surface area contributed by atoms with Gasteiger partial charge in [-0.05, 0) is 31.2 Å². The number of rotatable bonds is 3. The third-order valence-electron chi connectivity index (χ3n) is 3.24. The lowest BCUT2D eigenvalue weighted by Gasteiger charge is -2.26. The summed E-state index contributed by atoms with van der Waals surface area (Å²) in [5.74, 6) is -0.618. The third kappa shape index (κ3) is 3.79. The molecule has 1 aliphatic heterocycles. The predicted molar refractivity (Wildman–Crippen MR) is 79.0 cm³/mol. The zero-order valence-corrected chi connectivity index (χ0v) is 12.9. The molecule has 0 saturated heterocycles. The number of fused-ring (bicyclic) bond motifs is 1. The first kappa shape index (κ1) is 17.6. The van der Waals surface area contributed by atoms with E-state index in [9.17, 15) is 22.8 Å². The van der Waals surface area contributed by atoms with Gasteiger partial charge in [0.2, 0.25) is 0 Å². The number of carbonyl (C=O) groups excluding carboxylic acids is 2. The fraction of sp³-hybridized carbons (Fsp3) is 0.333. The van der Waals surface area contributed by atoms with E-state index < -0.39 is 29.8 Å². The van der Waals surface area contributed by atoms with Crippen LogP contribution < -0.4 is 10.6 Å². The lowest BCUT2D eigenvalue weighted by atomic mass is 9.99. The molecule has 2 rings (SSSR count). The molecule has 0 fully saturated rings. The van der Waals surface area contributed by atoms with Crippen LogP contribution in [0.5, 0.6) is 0 Å². The van der Waals surface area contributed by atoms with Crippen molar-refractivity contribution in [2.45, 2.75) is 19.1 Å². The molecule has 6 nitrogen and oxygen atoms in total. The molecule has 0 bridgehead atoms. The van der Waals surface area contributed by atoms with Crippen molar-refractivity contribution >= 4 is 23.4 Å². The third-order valence-corrected chi connectivity index (χ3v) is 3.24. The van der Waals surface area contributed by atoms with E-state index in [-0.39, 0.29) is 23.6 Å².